The molecule has 0 aliphatic carbocycles. The molecule has 0 atom stereocenters. The van der Waals surface area contributed by atoms with Gasteiger partial charge in [-0.1, -0.05) is 32.9 Å². The minimum atomic E-state index is 0.170. The van der Waals surface area contributed by atoms with Crippen molar-refractivity contribution in [2.45, 2.75) is 33.1 Å². The number of nitrogens with one attached hydrogen (secondary N) is 1. The molecule has 0 radical (unpaired) electrons. The monoisotopic (exact) mass is 287 g/mol. The molecule has 0 saturated heterocycles. The lowest BCUT2D eigenvalue weighted by atomic mass is 9.87. The Morgan fingerprint density at radius 1 is 1.19 bits per heavy atom. The Bertz CT molecular complexity index is 579. The van der Waals surface area contributed by atoms with Gasteiger partial charge in [-0.15, -0.1) is 0 Å². The predicted molar refractivity (Wildman–Crippen MR) is 87.4 cm³/mol. The zero-order valence-corrected chi connectivity index (χ0v) is 13.6. The molecule has 0 fully saturated rings. The summed E-state index contributed by atoms with van der Waals surface area (Å²) >= 11 is 0. The zero-order valence-electron chi connectivity index (χ0n) is 13.6. The van der Waals surface area contributed by atoms with Gasteiger partial charge in [-0.3, -0.25) is 4.57 Å². The molecule has 0 bridgehead atoms. The van der Waals surface area contributed by atoms with E-state index in [1.165, 1.54) is 5.56 Å². The Labute approximate surface area is 127 Å². The number of rotatable bonds is 5. The third-order valence-electron chi connectivity index (χ3n) is 3.43. The SMILES string of the molecule is COCCNc1nc(C)cn1-c1ccc(C(C)(C)C)cc1. The summed E-state index contributed by atoms with van der Waals surface area (Å²) in [5.74, 6) is 0.855. The second-order valence-electron chi connectivity index (χ2n) is 6.29. The average Bonchev–Trinajstić information content (AvgIpc) is 2.79. The lowest BCUT2D eigenvalue weighted by molar-refractivity contribution is 0.210. The summed E-state index contributed by atoms with van der Waals surface area (Å²) in [5.41, 5.74) is 3.61. The molecule has 114 valence electrons. The fraction of sp³-hybridized carbons (Fsp3) is 0.471. The number of anilines is 1. The van der Waals surface area contributed by atoms with Crippen molar-refractivity contribution in [2.75, 3.05) is 25.6 Å². The van der Waals surface area contributed by atoms with E-state index in [0.717, 1.165) is 23.9 Å². The number of aromatic nitrogens is 2. The fourth-order valence-corrected chi connectivity index (χ4v) is 2.21. The van der Waals surface area contributed by atoms with Crippen molar-refractivity contribution in [3.8, 4) is 5.69 Å². The van der Waals surface area contributed by atoms with Crippen LogP contribution in [0.3, 0.4) is 0 Å². The fourth-order valence-electron chi connectivity index (χ4n) is 2.21. The van der Waals surface area contributed by atoms with Gasteiger partial charge in [0.25, 0.3) is 0 Å². The number of aryl methyl sites for hydroxylation is 1. The molecular weight excluding hydrogens is 262 g/mol. The van der Waals surface area contributed by atoms with Gasteiger partial charge in [0, 0.05) is 25.5 Å². The van der Waals surface area contributed by atoms with Crippen molar-refractivity contribution in [2.24, 2.45) is 0 Å². The number of nitrogens with zero attached hydrogens (tertiary/aromatic N) is 2. The highest BCUT2D eigenvalue weighted by molar-refractivity contribution is 5.45. The van der Waals surface area contributed by atoms with Gasteiger partial charge in [-0.2, -0.15) is 0 Å². The normalized spacial score (nSPS) is 11.7. The smallest absolute Gasteiger partial charge is 0.207 e. The Balaban J connectivity index is 2.25. The van der Waals surface area contributed by atoms with E-state index < -0.39 is 0 Å². The van der Waals surface area contributed by atoms with Gasteiger partial charge in [0.1, 0.15) is 0 Å². The second kappa shape index (κ2) is 6.31. The molecule has 2 aromatic rings. The first-order valence-corrected chi connectivity index (χ1v) is 7.31. The maximum absolute atomic E-state index is 5.07. The number of ether oxygens (including phenoxy) is 1. The average molecular weight is 287 g/mol. The molecule has 21 heavy (non-hydrogen) atoms. The summed E-state index contributed by atoms with van der Waals surface area (Å²) in [5, 5.41) is 3.31. The van der Waals surface area contributed by atoms with E-state index in [9.17, 15) is 0 Å². The molecule has 1 aromatic heterocycles. The van der Waals surface area contributed by atoms with Crippen molar-refractivity contribution < 1.29 is 4.74 Å². The quantitative estimate of drug-likeness (QED) is 0.855. The van der Waals surface area contributed by atoms with Crippen LogP contribution in [0.15, 0.2) is 30.5 Å². The molecule has 0 saturated carbocycles. The first-order chi connectivity index (χ1) is 9.91. The van der Waals surface area contributed by atoms with Crippen LogP contribution < -0.4 is 5.32 Å². The van der Waals surface area contributed by atoms with Crippen molar-refractivity contribution in [1.29, 1.82) is 0 Å². The molecule has 1 N–H and O–H groups in total. The Hall–Kier alpha value is -1.81. The van der Waals surface area contributed by atoms with E-state index in [1.807, 2.05) is 13.1 Å². The van der Waals surface area contributed by atoms with Crippen LogP contribution >= 0.6 is 0 Å². The van der Waals surface area contributed by atoms with Crippen LogP contribution in [0.25, 0.3) is 5.69 Å². The molecule has 4 heteroatoms. The van der Waals surface area contributed by atoms with E-state index in [2.05, 4.69) is 59.9 Å². The number of hydrogen-bond acceptors (Lipinski definition) is 3. The van der Waals surface area contributed by atoms with Gasteiger partial charge in [0.05, 0.1) is 12.3 Å². The highest BCUT2D eigenvalue weighted by Crippen LogP contribution is 2.24. The predicted octanol–water partition coefficient (Wildman–Crippen LogP) is 3.54. The minimum Gasteiger partial charge on any atom is -0.383 e. The van der Waals surface area contributed by atoms with E-state index in [0.29, 0.717) is 6.61 Å². The maximum atomic E-state index is 5.07. The van der Waals surface area contributed by atoms with Crippen LogP contribution in [0.2, 0.25) is 0 Å². The minimum absolute atomic E-state index is 0.170. The summed E-state index contributed by atoms with van der Waals surface area (Å²) in [6, 6.07) is 8.65. The number of imidazole rings is 1. The van der Waals surface area contributed by atoms with Gasteiger partial charge in [0.15, 0.2) is 0 Å². The second-order valence-corrected chi connectivity index (χ2v) is 6.29. The summed E-state index contributed by atoms with van der Waals surface area (Å²) < 4.78 is 7.15. The van der Waals surface area contributed by atoms with Crippen molar-refractivity contribution >= 4 is 5.95 Å². The first-order valence-electron chi connectivity index (χ1n) is 7.31. The van der Waals surface area contributed by atoms with Gasteiger partial charge in [-0.05, 0) is 30.0 Å². The van der Waals surface area contributed by atoms with E-state index in [4.69, 9.17) is 4.74 Å². The van der Waals surface area contributed by atoms with Crippen molar-refractivity contribution in [3.63, 3.8) is 0 Å². The highest BCUT2D eigenvalue weighted by Gasteiger charge is 2.14. The van der Waals surface area contributed by atoms with Gasteiger partial charge in [0.2, 0.25) is 5.95 Å². The summed E-state index contributed by atoms with van der Waals surface area (Å²) in [4.78, 5) is 4.53. The molecular formula is C17H25N3O. The maximum Gasteiger partial charge on any atom is 0.207 e. The third kappa shape index (κ3) is 3.85. The van der Waals surface area contributed by atoms with Gasteiger partial charge >= 0.3 is 0 Å². The number of methoxy groups -OCH3 is 1. The molecule has 0 aliphatic heterocycles. The molecule has 4 nitrogen and oxygen atoms in total. The molecule has 2 rings (SSSR count). The lowest BCUT2D eigenvalue weighted by Gasteiger charge is -2.19. The third-order valence-corrected chi connectivity index (χ3v) is 3.43. The topological polar surface area (TPSA) is 39.1 Å². The van der Waals surface area contributed by atoms with Crippen molar-refractivity contribution in [3.05, 3.63) is 41.7 Å². The van der Waals surface area contributed by atoms with E-state index in [-0.39, 0.29) is 5.41 Å². The molecule has 0 spiro atoms. The van der Waals surface area contributed by atoms with Crippen LogP contribution in [-0.2, 0) is 10.2 Å². The van der Waals surface area contributed by atoms with E-state index in [1.54, 1.807) is 7.11 Å². The lowest BCUT2D eigenvalue weighted by Crippen LogP contribution is -2.12. The summed E-state index contributed by atoms with van der Waals surface area (Å²) in [7, 11) is 1.70. The molecule has 0 amide bonds. The zero-order chi connectivity index (χ0) is 15.5. The van der Waals surface area contributed by atoms with Crippen LogP contribution in [0.1, 0.15) is 32.0 Å². The van der Waals surface area contributed by atoms with E-state index >= 15 is 0 Å². The standard InChI is InChI=1S/C17H25N3O/c1-13-12-20(16(19-13)18-10-11-21-5)15-8-6-14(7-9-15)17(2,3)4/h6-9,12H,10-11H2,1-5H3,(H,18,19). The molecule has 0 aliphatic rings. The largest absolute Gasteiger partial charge is 0.383 e. The Morgan fingerprint density at radius 3 is 2.43 bits per heavy atom. The summed E-state index contributed by atoms with van der Waals surface area (Å²) in [6.07, 6.45) is 2.04. The molecule has 1 heterocycles. The van der Waals surface area contributed by atoms with Gasteiger partial charge < -0.3 is 10.1 Å². The van der Waals surface area contributed by atoms with Crippen molar-refractivity contribution in [1.82, 2.24) is 9.55 Å². The number of benzene rings is 1. The van der Waals surface area contributed by atoms with Crippen LogP contribution in [0.5, 0.6) is 0 Å². The van der Waals surface area contributed by atoms with Crippen LogP contribution in [0, 0.1) is 6.92 Å². The summed E-state index contributed by atoms with van der Waals surface area (Å²) in [6.45, 7) is 10.1. The highest BCUT2D eigenvalue weighted by atomic mass is 16.5. The Morgan fingerprint density at radius 2 is 1.86 bits per heavy atom. The first kappa shape index (κ1) is 15.6. The molecule has 1 aromatic carbocycles. The molecule has 0 unspecified atom stereocenters. The van der Waals surface area contributed by atoms with Gasteiger partial charge in [-0.25, -0.2) is 4.98 Å². The van der Waals surface area contributed by atoms with Crippen LogP contribution in [-0.4, -0.2) is 29.8 Å². The Kier molecular flexibility index (Phi) is 4.68. The number of hydrogen-bond donors (Lipinski definition) is 1. The van der Waals surface area contributed by atoms with Crippen LogP contribution in [0.4, 0.5) is 5.95 Å².